The Morgan fingerprint density at radius 1 is 1.64 bits per heavy atom. The number of anilines is 1. The van der Waals surface area contributed by atoms with E-state index in [2.05, 4.69) is 15.3 Å². The van der Waals surface area contributed by atoms with Crippen molar-refractivity contribution in [2.45, 2.75) is 12.1 Å². The number of β-amino-alcohol motifs (C(OH)–C–C–N with tert-alkyl or cyclic N) is 1. The van der Waals surface area contributed by atoms with E-state index in [0.717, 1.165) is 12.2 Å². The van der Waals surface area contributed by atoms with E-state index in [1.54, 1.807) is 4.68 Å². The van der Waals surface area contributed by atoms with E-state index in [4.69, 9.17) is 0 Å². The predicted octanol–water partition coefficient (Wildman–Crippen LogP) is -0.811. The summed E-state index contributed by atoms with van der Waals surface area (Å²) in [6.45, 7) is 1.50. The molecule has 1 fully saturated rings. The van der Waals surface area contributed by atoms with Crippen LogP contribution in [0.3, 0.4) is 0 Å². The summed E-state index contributed by atoms with van der Waals surface area (Å²) in [5.74, 6) is 0. The Bertz CT molecular complexity index is 312. The number of likely N-dealkylation sites (N-methyl/N-ethyl adjacent to an activating group) is 1. The van der Waals surface area contributed by atoms with Crippen molar-refractivity contribution < 1.29 is 5.11 Å². The Labute approximate surface area is 83.3 Å². The quantitative estimate of drug-likeness (QED) is 0.649. The van der Waals surface area contributed by atoms with Gasteiger partial charge in [-0.05, 0) is 0 Å². The van der Waals surface area contributed by atoms with Crippen LogP contribution in [-0.4, -0.2) is 47.2 Å². The lowest BCUT2D eigenvalue weighted by molar-refractivity contribution is 0.177. The molecule has 0 unspecified atom stereocenters. The summed E-state index contributed by atoms with van der Waals surface area (Å²) in [6, 6.07) is 0.152. The van der Waals surface area contributed by atoms with Crippen LogP contribution in [0.5, 0.6) is 0 Å². The van der Waals surface area contributed by atoms with Crippen molar-refractivity contribution in [3.05, 3.63) is 12.4 Å². The number of aliphatic hydroxyl groups excluding tert-OH is 1. The molecule has 5 nitrogen and oxygen atoms in total. The largest absolute Gasteiger partial charge is 0.390 e. The fourth-order valence-corrected chi connectivity index (χ4v) is 1.83. The van der Waals surface area contributed by atoms with Crippen molar-refractivity contribution >= 4 is 5.69 Å². The Hall–Kier alpha value is -1.07. The van der Waals surface area contributed by atoms with Gasteiger partial charge in [0, 0.05) is 33.4 Å². The minimum Gasteiger partial charge on any atom is -0.390 e. The normalized spacial score (nSPS) is 26.8. The molecule has 0 spiro atoms. The van der Waals surface area contributed by atoms with E-state index in [1.165, 1.54) is 0 Å². The van der Waals surface area contributed by atoms with Gasteiger partial charge in [-0.1, -0.05) is 0 Å². The number of rotatable bonds is 2. The zero-order chi connectivity index (χ0) is 10.1. The number of hydrogen-bond acceptors (Lipinski definition) is 4. The number of aromatic nitrogens is 2. The monoisotopic (exact) mass is 196 g/mol. The zero-order valence-electron chi connectivity index (χ0n) is 8.51. The Morgan fingerprint density at radius 2 is 2.43 bits per heavy atom. The fourth-order valence-electron chi connectivity index (χ4n) is 1.83. The molecule has 1 saturated heterocycles. The van der Waals surface area contributed by atoms with Gasteiger partial charge in [0.15, 0.2) is 0 Å². The van der Waals surface area contributed by atoms with Crippen LogP contribution in [0.15, 0.2) is 12.4 Å². The number of aryl methyl sites for hydroxylation is 1. The van der Waals surface area contributed by atoms with Crippen LogP contribution in [0.4, 0.5) is 5.69 Å². The highest BCUT2D eigenvalue weighted by Crippen LogP contribution is 2.17. The van der Waals surface area contributed by atoms with E-state index in [1.807, 2.05) is 26.5 Å². The van der Waals surface area contributed by atoms with Gasteiger partial charge >= 0.3 is 0 Å². The first-order valence-electron chi connectivity index (χ1n) is 4.79. The third-order valence-corrected chi connectivity index (χ3v) is 2.75. The van der Waals surface area contributed by atoms with Gasteiger partial charge in [-0.3, -0.25) is 4.68 Å². The van der Waals surface area contributed by atoms with Gasteiger partial charge in [-0.15, -0.1) is 0 Å². The molecule has 2 atom stereocenters. The third-order valence-electron chi connectivity index (χ3n) is 2.75. The fraction of sp³-hybridized carbons (Fsp3) is 0.667. The molecule has 0 amide bonds. The molecule has 0 aliphatic carbocycles. The summed E-state index contributed by atoms with van der Waals surface area (Å²) < 4.78 is 1.76. The van der Waals surface area contributed by atoms with Gasteiger partial charge in [-0.25, -0.2) is 0 Å². The van der Waals surface area contributed by atoms with Crippen molar-refractivity contribution in [1.29, 1.82) is 0 Å². The van der Waals surface area contributed by atoms with Gasteiger partial charge < -0.3 is 15.3 Å². The topological polar surface area (TPSA) is 53.3 Å². The lowest BCUT2D eigenvalue weighted by Crippen LogP contribution is -2.40. The molecule has 14 heavy (non-hydrogen) atoms. The number of nitrogens with one attached hydrogen (secondary N) is 1. The van der Waals surface area contributed by atoms with Gasteiger partial charge in [0.1, 0.15) is 0 Å². The minimum absolute atomic E-state index is 0.152. The van der Waals surface area contributed by atoms with Crippen LogP contribution in [-0.2, 0) is 7.05 Å². The second-order valence-corrected chi connectivity index (χ2v) is 3.78. The summed E-state index contributed by atoms with van der Waals surface area (Å²) in [7, 11) is 3.87. The molecule has 0 aromatic carbocycles. The molecule has 1 aliphatic rings. The molecule has 1 aromatic heterocycles. The first kappa shape index (κ1) is 9.48. The van der Waals surface area contributed by atoms with E-state index in [0.29, 0.717) is 6.54 Å². The maximum atomic E-state index is 9.70. The number of hydrogen-bond donors (Lipinski definition) is 2. The van der Waals surface area contributed by atoms with Crippen LogP contribution in [0.2, 0.25) is 0 Å². The molecule has 0 radical (unpaired) electrons. The molecule has 2 rings (SSSR count). The second-order valence-electron chi connectivity index (χ2n) is 3.78. The summed E-state index contributed by atoms with van der Waals surface area (Å²) in [4.78, 5) is 2.07. The van der Waals surface area contributed by atoms with E-state index in [9.17, 15) is 5.11 Å². The SMILES string of the molecule is CN(c1cnn(C)c1)[C@@H]1CNC[C@H]1O. The Kier molecular flexibility index (Phi) is 2.43. The molecular weight excluding hydrogens is 180 g/mol. The summed E-state index contributed by atoms with van der Waals surface area (Å²) in [5, 5.41) is 17.0. The van der Waals surface area contributed by atoms with Gasteiger partial charge in [0.2, 0.25) is 0 Å². The Balaban J connectivity index is 2.11. The molecule has 1 aromatic rings. The molecular formula is C9H16N4O. The third kappa shape index (κ3) is 1.60. The first-order chi connectivity index (χ1) is 6.68. The van der Waals surface area contributed by atoms with Gasteiger partial charge in [0.05, 0.1) is 24.0 Å². The highest BCUT2D eigenvalue weighted by atomic mass is 16.3. The molecule has 5 heteroatoms. The highest BCUT2D eigenvalue weighted by Gasteiger charge is 2.28. The molecule has 78 valence electrons. The summed E-state index contributed by atoms with van der Waals surface area (Å²) in [5.41, 5.74) is 1.04. The summed E-state index contributed by atoms with van der Waals surface area (Å²) in [6.07, 6.45) is 3.47. The van der Waals surface area contributed by atoms with Crippen molar-refractivity contribution in [3.63, 3.8) is 0 Å². The standard InChI is InChI=1S/C9H16N4O/c1-12-6-7(3-11-12)13(2)8-4-10-5-9(8)14/h3,6,8-10,14H,4-5H2,1-2H3/t8-,9-/m1/s1. The van der Waals surface area contributed by atoms with Gasteiger partial charge in [0.25, 0.3) is 0 Å². The smallest absolute Gasteiger partial charge is 0.0879 e. The van der Waals surface area contributed by atoms with Crippen molar-refractivity contribution in [2.75, 3.05) is 25.0 Å². The van der Waals surface area contributed by atoms with Crippen molar-refractivity contribution in [3.8, 4) is 0 Å². The predicted molar refractivity (Wildman–Crippen MR) is 54.3 cm³/mol. The van der Waals surface area contributed by atoms with Gasteiger partial charge in [-0.2, -0.15) is 5.10 Å². The Morgan fingerprint density at radius 3 is 2.93 bits per heavy atom. The van der Waals surface area contributed by atoms with Crippen LogP contribution in [0, 0.1) is 0 Å². The van der Waals surface area contributed by atoms with E-state index < -0.39 is 0 Å². The molecule has 2 N–H and O–H groups in total. The molecule has 0 bridgehead atoms. The maximum absolute atomic E-state index is 9.70. The van der Waals surface area contributed by atoms with Crippen molar-refractivity contribution in [1.82, 2.24) is 15.1 Å². The lowest BCUT2D eigenvalue weighted by atomic mass is 10.2. The molecule has 0 saturated carbocycles. The van der Waals surface area contributed by atoms with Crippen molar-refractivity contribution in [2.24, 2.45) is 7.05 Å². The minimum atomic E-state index is -0.291. The van der Waals surface area contributed by atoms with Crippen LogP contribution < -0.4 is 10.2 Å². The average Bonchev–Trinajstić information content (AvgIpc) is 2.73. The van der Waals surface area contributed by atoms with E-state index in [-0.39, 0.29) is 12.1 Å². The van der Waals surface area contributed by atoms with Crippen LogP contribution >= 0.6 is 0 Å². The molecule has 1 aliphatic heterocycles. The maximum Gasteiger partial charge on any atom is 0.0879 e. The van der Waals surface area contributed by atoms with E-state index >= 15 is 0 Å². The second kappa shape index (κ2) is 3.59. The zero-order valence-corrected chi connectivity index (χ0v) is 8.51. The molecule has 2 heterocycles. The lowest BCUT2D eigenvalue weighted by Gasteiger charge is -2.26. The highest BCUT2D eigenvalue weighted by molar-refractivity contribution is 5.43. The first-order valence-corrected chi connectivity index (χ1v) is 4.79. The number of nitrogens with zero attached hydrogens (tertiary/aromatic N) is 3. The number of aliphatic hydroxyl groups is 1. The van der Waals surface area contributed by atoms with Crippen LogP contribution in [0.1, 0.15) is 0 Å². The average molecular weight is 196 g/mol. The van der Waals surface area contributed by atoms with Crippen LogP contribution in [0.25, 0.3) is 0 Å². The summed E-state index contributed by atoms with van der Waals surface area (Å²) >= 11 is 0.